The van der Waals surface area contributed by atoms with E-state index in [0.29, 0.717) is 6.54 Å². The van der Waals surface area contributed by atoms with Gasteiger partial charge in [-0.25, -0.2) is 0 Å². The summed E-state index contributed by atoms with van der Waals surface area (Å²) in [6, 6.07) is 7.21. The highest BCUT2D eigenvalue weighted by Gasteiger charge is 2.07. The summed E-state index contributed by atoms with van der Waals surface area (Å²) in [7, 11) is 1.91. The number of carbonyl (C=O) groups excluding carboxylic acids is 1. The number of carbonyl (C=O) groups is 1. The van der Waals surface area contributed by atoms with Gasteiger partial charge in [-0.15, -0.1) is 0 Å². The number of rotatable bonds is 4. The molecule has 2 N–H and O–H groups in total. The standard InChI is InChI=1S/C12H13N3O2/c1-15(8-10-3-2-6-17-10)9-4-5-14-11(7-9)12(13)16/h2-7H,8H2,1H3,(H2,13,16). The molecular formula is C12H13N3O2. The first-order valence-electron chi connectivity index (χ1n) is 5.16. The first-order valence-corrected chi connectivity index (χ1v) is 5.16. The average molecular weight is 231 g/mol. The van der Waals surface area contributed by atoms with Crippen LogP contribution >= 0.6 is 0 Å². The Kier molecular flexibility index (Phi) is 3.09. The lowest BCUT2D eigenvalue weighted by Gasteiger charge is -2.17. The molecule has 88 valence electrons. The third-order valence-corrected chi connectivity index (χ3v) is 2.41. The van der Waals surface area contributed by atoms with E-state index in [1.807, 2.05) is 30.1 Å². The van der Waals surface area contributed by atoms with Crippen molar-refractivity contribution in [1.82, 2.24) is 4.98 Å². The first kappa shape index (κ1) is 11.2. The minimum atomic E-state index is -0.529. The quantitative estimate of drug-likeness (QED) is 0.863. The number of aromatic nitrogens is 1. The van der Waals surface area contributed by atoms with Gasteiger partial charge in [0.2, 0.25) is 0 Å². The lowest BCUT2D eigenvalue weighted by Crippen LogP contribution is -2.18. The fourth-order valence-corrected chi connectivity index (χ4v) is 1.52. The molecule has 0 fully saturated rings. The molecule has 2 aromatic rings. The van der Waals surface area contributed by atoms with Crippen LogP contribution in [0.4, 0.5) is 5.69 Å². The summed E-state index contributed by atoms with van der Waals surface area (Å²) >= 11 is 0. The van der Waals surface area contributed by atoms with Gasteiger partial charge in [0.25, 0.3) is 5.91 Å². The molecule has 5 nitrogen and oxygen atoms in total. The monoisotopic (exact) mass is 231 g/mol. The van der Waals surface area contributed by atoms with E-state index in [1.165, 1.54) is 0 Å². The third kappa shape index (κ3) is 2.63. The summed E-state index contributed by atoms with van der Waals surface area (Å²) in [5.41, 5.74) is 6.30. The van der Waals surface area contributed by atoms with Crippen molar-refractivity contribution in [3.05, 3.63) is 48.2 Å². The van der Waals surface area contributed by atoms with Crippen molar-refractivity contribution in [3.8, 4) is 0 Å². The summed E-state index contributed by atoms with van der Waals surface area (Å²) in [4.78, 5) is 16.9. The Hall–Kier alpha value is -2.30. The third-order valence-electron chi connectivity index (χ3n) is 2.41. The molecule has 2 aromatic heterocycles. The molecule has 0 aromatic carbocycles. The minimum absolute atomic E-state index is 0.258. The molecule has 0 saturated heterocycles. The summed E-state index contributed by atoms with van der Waals surface area (Å²) in [6.45, 7) is 0.620. The maximum Gasteiger partial charge on any atom is 0.267 e. The molecule has 5 heteroatoms. The minimum Gasteiger partial charge on any atom is -0.467 e. The largest absolute Gasteiger partial charge is 0.467 e. The topological polar surface area (TPSA) is 72.4 Å². The normalized spacial score (nSPS) is 10.2. The maximum atomic E-state index is 11.0. The van der Waals surface area contributed by atoms with E-state index in [0.717, 1.165) is 11.4 Å². The molecule has 0 unspecified atom stereocenters. The van der Waals surface area contributed by atoms with Crippen LogP contribution in [0.1, 0.15) is 16.2 Å². The molecular weight excluding hydrogens is 218 g/mol. The van der Waals surface area contributed by atoms with Crippen LogP contribution in [-0.4, -0.2) is 17.9 Å². The molecule has 1 amide bonds. The predicted octanol–water partition coefficient (Wildman–Crippen LogP) is 1.41. The Bertz CT molecular complexity index is 508. The van der Waals surface area contributed by atoms with Gasteiger partial charge >= 0.3 is 0 Å². The van der Waals surface area contributed by atoms with Crippen molar-refractivity contribution in [2.45, 2.75) is 6.54 Å². The number of nitrogens with two attached hydrogens (primary N) is 1. The second kappa shape index (κ2) is 4.69. The van der Waals surface area contributed by atoms with Gasteiger partial charge in [0, 0.05) is 18.9 Å². The van der Waals surface area contributed by atoms with Gasteiger partial charge in [0.05, 0.1) is 12.8 Å². The number of anilines is 1. The number of furan rings is 1. The molecule has 0 aliphatic carbocycles. The van der Waals surface area contributed by atoms with Crippen molar-refractivity contribution in [1.29, 1.82) is 0 Å². The Morgan fingerprint density at radius 3 is 3.00 bits per heavy atom. The summed E-state index contributed by atoms with van der Waals surface area (Å²) < 4.78 is 5.25. The number of hydrogen-bond donors (Lipinski definition) is 1. The first-order chi connectivity index (χ1) is 8.16. The number of primary amides is 1. The highest BCUT2D eigenvalue weighted by atomic mass is 16.3. The zero-order chi connectivity index (χ0) is 12.3. The number of hydrogen-bond acceptors (Lipinski definition) is 4. The van der Waals surface area contributed by atoms with Gasteiger partial charge in [-0.1, -0.05) is 0 Å². The lowest BCUT2D eigenvalue weighted by atomic mass is 10.3. The van der Waals surface area contributed by atoms with Gasteiger partial charge in [0.1, 0.15) is 11.5 Å². The molecule has 0 atom stereocenters. The molecule has 2 heterocycles. The van der Waals surface area contributed by atoms with Crippen molar-refractivity contribution in [2.75, 3.05) is 11.9 Å². The van der Waals surface area contributed by atoms with Crippen LogP contribution in [0.5, 0.6) is 0 Å². The van der Waals surface area contributed by atoms with E-state index in [9.17, 15) is 4.79 Å². The molecule has 2 rings (SSSR count). The Balaban J connectivity index is 2.16. The van der Waals surface area contributed by atoms with Gasteiger partial charge in [0.15, 0.2) is 0 Å². The van der Waals surface area contributed by atoms with Crippen molar-refractivity contribution < 1.29 is 9.21 Å². The fourth-order valence-electron chi connectivity index (χ4n) is 1.52. The van der Waals surface area contributed by atoms with Crippen LogP contribution in [0, 0.1) is 0 Å². The van der Waals surface area contributed by atoms with Crippen LogP contribution in [0.25, 0.3) is 0 Å². The zero-order valence-electron chi connectivity index (χ0n) is 9.46. The molecule has 0 aliphatic rings. The molecule has 0 bridgehead atoms. The van der Waals surface area contributed by atoms with E-state index in [2.05, 4.69) is 4.98 Å². The SMILES string of the molecule is CN(Cc1ccco1)c1ccnc(C(N)=O)c1. The Labute approximate surface area is 98.9 Å². The van der Waals surface area contributed by atoms with E-state index in [4.69, 9.17) is 10.2 Å². The average Bonchev–Trinajstić information content (AvgIpc) is 2.82. The van der Waals surface area contributed by atoms with Crippen molar-refractivity contribution >= 4 is 11.6 Å². The molecule has 0 spiro atoms. The maximum absolute atomic E-state index is 11.0. The highest BCUT2D eigenvalue weighted by molar-refractivity contribution is 5.91. The highest BCUT2D eigenvalue weighted by Crippen LogP contribution is 2.15. The van der Waals surface area contributed by atoms with E-state index in [1.54, 1.807) is 18.5 Å². The Morgan fingerprint density at radius 1 is 1.53 bits per heavy atom. The van der Waals surface area contributed by atoms with E-state index in [-0.39, 0.29) is 5.69 Å². The number of nitrogens with zero attached hydrogens (tertiary/aromatic N) is 2. The predicted molar refractivity (Wildman–Crippen MR) is 63.6 cm³/mol. The lowest BCUT2D eigenvalue weighted by molar-refractivity contribution is 0.0995. The smallest absolute Gasteiger partial charge is 0.267 e. The summed E-state index contributed by atoms with van der Waals surface area (Å²) in [5.74, 6) is 0.322. The van der Waals surface area contributed by atoms with Crippen LogP contribution < -0.4 is 10.6 Å². The van der Waals surface area contributed by atoms with Crippen molar-refractivity contribution in [3.63, 3.8) is 0 Å². The second-order valence-electron chi connectivity index (χ2n) is 3.70. The van der Waals surface area contributed by atoms with Gasteiger partial charge in [-0.2, -0.15) is 0 Å². The zero-order valence-corrected chi connectivity index (χ0v) is 9.46. The van der Waals surface area contributed by atoms with E-state index >= 15 is 0 Å². The fraction of sp³-hybridized carbons (Fsp3) is 0.167. The molecule has 0 radical (unpaired) electrons. The van der Waals surface area contributed by atoms with Crippen LogP contribution in [-0.2, 0) is 6.54 Å². The van der Waals surface area contributed by atoms with Crippen molar-refractivity contribution in [2.24, 2.45) is 5.73 Å². The Morgan fingerprint density at radius 2 is 2.35 bits per heavy atom. The van der Waals surface area contributed by atoms with Gasteiger partial charge < -0.3 is 15.1 Å². The number of pyridine rings is 1. The van der Waals surface area contributed by atoms with Gasteiger partial charge in [-0.05, 0) is 24.3 Å². The van der Waals surface area contributed by atoms with Gasteiger partial charge in [-0.3, -0.25) is 9.78 Å². The summed E-state index contributed by atoms with van der Waals surface area (Å²) in [6.07, 6.45) is 3.19. The van der Waals surface area contributed by atoms with Crippen LogP contribution in [0.2, 0.25) is 0 Å². The van der Waals surface area contributed by atoms with Crippen LogP contribution in [0.15, 0.2) is 41.1 Å². The number of amides is 1. The second-order valence-corrected chi connectivity index (χ2v) is 3.70. The van der Waals surface area contributed by atoms with E-state index < -0.39 is 5.91 Å². The summed E-state index contributed by atoms with van der Waals surface area (Å²) in [5, 5.41) is 0. The molecule has 0 saturated carbocycles. The molecule has 17 heavy (non-hydrogen) atoms. The molecule has 0 aliphatic heterocycles. The van der Waals surface area contributed by atoms with Crippen LogP contribution in [0.3, 0.4) is 0 Å².